The highest BCUT2D eigenvalue weighted by molar-refractivity contribution is 7.48. The van der Waals surface area contributed by atoms with E-state index in [9.17, 15) is 23.2 Å². The molecule has 2 heterocycles. The molecule has 0 spiro atoms. The number of phosphoric acid groups is 1. The highest BCUT2D eigenvalue weighted by Gasteiger charge is 2.38. The molecule has 3 N–H and O–H groups in total. The predicted octanol–water partition coefficient (Wildman–Crippen LogP) is 3.63. The molecule has 36 heavy (non-hydrogen) atoms. The standard InChI is InChI=1S/C23H31F2N2O8P/c1-23(2,29)34-21(27-7-4-5-15(13-27)22(26)28)12-19(31-3)14-33-36(30)32-8-6-20(35-36)16-9-17(24)11-18(25)10-16/h4,7,9-11,13,19-21,29H,5-6,8,12,14H2,1-3H3,(H2,26,28)/t19?,20?,21-,36?/m1/s1. The molecule has 4 atom stereocenters. The monoisotopic (exact) mass is 532 g/mol. The molecule has 1 aromatic rings. The van der Waals surface area contributed by atoms with E-state index in [2.05, 4.69) is 0 Å². The summed E-state index contributed by atoms with van der Waals surface area (Å²) in [4.78, 5) is 13.2. The molecular weight excluding hydrogens is 501 g/mol. The second-order valence-electron chi connectivity index (χ2n) is 8.83. The van der Waals surface area contributed by atoms with Crippen molar-refractivity contribution in [3.05, 3.63) is 59.4 Å². The summed E-state index contributed by atoms with van der Waals surface area (Å²) < 4.78 is 67.7. The molecule has 0 saturated carbocycles. The first-order valence-electron chi connectivity index (χ1n) is 11.3. The predicted molar refractivity (Wildman–Crippen MR) is 124 cm³/mol. The Balaban J connectivity index is 1.68. The molecular formula is C23H31F2N2O8P. The number of amides is 1. The highest BCUT2D eigenvalue weighted by Crippen LogP contribution is 2.57. The number of carbonyl (C=O) groups is 1. The molecule has 200 valence electrons. The van der Waals surface area contributed by atoms with Gasteiger partial charge in [-0.05, 0) is 38.0 Å². The quantitative estimate of drug-likeness (QED) is 0.324. The van der Waals surface area contributed by atoms with E-state index in [-0.39, 0.29) is 31.6 Å². The van der Waals surface area contributed by atoms with E-state index in [4.69, 9.17) is 28.8 Å². The first-order chi connectivity index (χ1) is 16.9. The van der Waals surface area contributed by atoms with Crippen LogP contribution in [0.15, 0.2) is 42.2 Å². The van der Waals surface area contributed by atoms with Gasteiger partial charge in [-0.2, -0.15) is 0 Å². The number of benzene rings is 1. The molecule has 0 aromatic heterocycles. The van der Waals surface area contributed by atoms with Gasteiger partial charge in [0.1, 0.15) is 17.9 Å². The van der Waals surface area contributed by atoms with E-state index in [1.165, 1.54) is 27.2 Å². The lowest BCUT2D eigenvalue weighted by atomic mass is 10.1. The van der Waals surface area contributed by atoms with Crippen LogP contribution in [-0.4, -0.2) is 54.4 Å². The van der Waals surface area contributed by atoms with Crippen molar-refractivity contribution in [2.24, 2.45) is 5.73 Å². The number of hydrogen-bond acceptors (Lipinski definition) is 9. The lowest BCUT2D eigenvalue weighted by Gasteiger charge is -2.36. The first-order valence-corrected chi connectivity index (χ1v) is 12.7. The number of rotatable bonds is 11. The maximum Gasteiger partial charge on any atom is 0.475 e. The van der Waals surface area contributed by atoms with E-state index >= 15 is 0 Å². The number of methoxy groups -OCH3 is 1. The van der Waals surface area contributed by atoms with Crippen molar-refractivity contribution in [3.63, 3.8) is 0 Å². The molecule has 13 heteroatoms. The smallest absolute Gasteiger partial charge is 0.379 e. The van der Waals surface area contributed by atoms with Gasteiger partial charge in [0, 0.05) is 44.0 Å². The Morgan fingerprint density at radius 3 is 2.64 bits per heavy atom. The third-order valence-corrected chi connectivity index (χ3v) is 6.83. The number of ether oxygens (including phenoxy) is 2. The van der Waals surface area contributed by atoms with Crippen LogP contribution in [0, 0.1) is 11.6 Å². The van der Waals surface area contributed by atoms with Crippen molar-refractivity contribution >= 4 is 13.7 Å². The van der Waals surface area contributed by atoms with E-state index in [1.807, 2.05) is 0 Å². The topological polar surface area (TPSA) is 130 Å². The first kappa shape index (κ1) is 28.4. The molecule has 10 nitrogen and oxygen atoms in total. The fourth-order valence-electron chi connectivity index (χ4n) is 3.68. The van der Waals surface area contributed by atoms with Gasteiger partial charge >= 0.3 is 7.82 Å². The Bertz CT molecular complexity index is 1030. The zero-order valence-electron chi connectivity index (χ0n) is 20.3. The van der Waals surface area contributed by atoms with Crippen LogP contribution in [-0.2, 0) is 32.4 Å². The van der Waals surface area contributed by atoms with Crippen LogP contribution in [0.1, 0.15) is 44.8 Å². The normalized spacial score (nSPS) is 24.3. The summed E-state index contributed by atoms with van der Waals surface area (Å²) in [5.74, 6) is -3.69. The zero-order chi connectivity index (χ0) is 26.5. The Morgan fingerprint density at radius 1 is 1.33 bits per heavy atom. The number of allylic oxidation sites excluding steroid dienone is 1. The van der Waals surface area contributed by atoms with Crippen molar-refractivity contribution < 1.29 is 46.3 Å². The van der Waals surface area contributed by atoms with Crippen LogP contribution in [0.3, 0.4) is 0 Å². The molecule has 0 radical (unpaired) electrons. The number of aliphatic hydroxyl groups is 1. The fraction of sp³-hybridized carbons (Fsp3) is 0.522. The number of phosphoric ester groups is 1. The third-order valence-electron chi connectivity index (χ3n) is 5.35. The number of halogens is 2. The molecule has 3 unspecified atom stereocenters. The Hall–Kier alpha value is -2.18. The van der Waals surface area contributed by atoms with Crippen molar-refractivity contribution in [2.75, 3.05) is 20.3 Å². The number of carbonyl (C=O) groups excluding carboxylic acids is 1. The average molecular weight is 532 g/mol. The van der Waals surface area contributed by atoms with Crippen molar-refractivity contribution in [3.8, 4) is 0 Å². The SMILES string of the molecule is COC(COP1(=O)OCCC(c2cc(F)cc(F)c2)O1)C[C@@H](OC(C)(C)O)N1C=CCC(C(N)=O)=C1. The lowest BCUT2D eigenvalue weighted by molar-refractivity contribution is -0.235. The second-order valence-corrected chi connectivity index (χ2v) is 10.5. The second kappa shape index (κ2) is 11.9. The van der Waals surface area contributed by atoms with Gasteiger partial charge in [-0.15, -0.1) is 0 Å². The summed E-state index contributed by atoms with van der Waals surface area (Å²) in [5, 5.41) is 10.2. The van der Waals surface area contributed by atoms with Crippen LogP contribution >= 0.6 is 7.82 Å². The molecule has 1 fully saturated rings. The Morgan fingerprint density at radius 2 is 2.03 bits per heavy atom. The average Bonchev–Trinajstić information content (AvgIpc) is 2.79. The fourth-order valence-corrected chi connectivity index (χ4v) is 5.10. The van der Waals surface area contributed by atoms with Crippen LogP contribution in [0.25, 0.3) is 0 Å². The van der Waals surface area contributed by atoms with E-state index < -0.39 is 49.6 Å². The molecule has 1 saturated heterocycles. The van der Waals surface area contributed by atoms with Crippen molar-refractivity contribution in [1.82, 2.24) is 4.90 Å². The van der Waals surface area contributed by atoms with Gasteiger partial charge in [-0.1, -0.05) is 6.08 Å². The Kier molecular flexibility index (Phi) is 9.39. The molecule has 2 aliphatic rings. The van der Waals surface area contributed by atoms with Crippen LogP contribution in [0.2, 0.25) is 0 Å². The van der Waals surface area contributed by atoms with Gasteiger partial charge in [0.05, 0.1) is 25.4 Å². The molecule has 1 aromatic carbocycles. The minimum Gasteiger partial charge on any atom is -0.379 e. The minimum atomic E-state index is -4.09. The van der Waals surface area contributed by atoms with Gasteiger partial charge in [-0.3, -0.25) is 18.4 Å². The molecule has 0 bridgehead atoms. The summed E-state index contributed by atoms with van der Waals surface area (Å²) >= 11 is 0. The molecule has 3 rings (SSSR count). The van der Waals surface area contributed by atoms with Crippen LogP contribution in [0.4, 0.5) is 8.78 Å². The van der Waals surface area contributed by atoms with Gasteiger partial charge in [0.25, 0.3) is 0 Å². The summed E-state index contributed by atoms with van der Waals surface area (Å²) in [6, 6.07) is 2.92. The number of hydrogen-bond donors (Lipinski definition) is 2. The van der Waals surface area contributed by atoms with Gasteiger partial charge < -0.3 is 25.2 Å². The third kappa shape index (κ3) is 8.17. The van der Waals surface area contributed by atoms with E-state index in [0.717, 1.165) is 18.2 Å². The lowest BCUT2D eigenvalue weighted by Crippen LogP contribution is -2.42. The minimum absolute atomic E-state index is 0.0125. The van der Waals surface area contributed by atoms with Gasteiger partial charge in [0.15, 0.2) is 5.79 Å². The zero-order valence-corrected chi connectivity index (χ0v) is 21.2. The molecule has 1 amide bonds. The van der Waals surface area contributed by atoms with E-state index in [1.54, 1.807) is 17.2 Å². The largest absolute Gasteiger partial charge is 0.475 e. The molecule has 2 aliphatic heterocycles. The van der Waals surface area contributed by atoms with Crippen LogP contribution in [0.5, 0.6) is 0 Å². The molecule has 0 aliphatic carbocycles. The summed E-state index contributed by atoms with van der Waals surface area (Å²) in [7, 11) is -2.68. The van der Waals surface area contributed by atoms with Crippen molar-refractivity contribution in [2.45, 2.75) is 57.3 Å². The summed E-state index contributed by atoms with van der Waals surface area (Å²) in [6.07, 6.45) is 3.16. The van der Waals surface area contributed by atoms with Crippen molar-refractivity contribution in [1.29, 1.82) is 0 Å². The summed E-state index contributed by atoms with van der Waals surface area (Å²) in [5.41, 5.74) is 5.92. The van der Waals surface area contributed by atoms with Gasteiger partial charge in [-0.25, -0.2) is 13.3 Å². The summed E-state index contributed by atoms with van der Waals surface area (Å²) in [6.45, 7) is 2.62. The van der Waals surface area contributed by atoms with E-state index in [0.29, 0.717) is 12.0 Å². The number of nitrogens with zero attached hydrogens (tertiary/aromatic N) is 1. The maximum atomic E-state index is 13.6. The number of nitrogens with two attached hydrogens (primary N) is 1. The maximum absolute atomic E-state index is 13.6. The number of primary amides is 1. The Labute approximate surface area is 208 Å². The highest BCUT2D eigenvalue weighted by atomic mass is 31.2. The van der Waals surface area contributed by atoms with Gasteiger partial charge in [0.2, 0.25) is 5.91 Å². The van der Waals surface area contributed by atoms with Crippen LogP contribution < -0.4 is 5.73 Å².